The number of ether oxygens (including phenoxy) is 1. The van der Waals surface area contributed by atoms with Crippen LogP contribution in [0.25, 0.3) is 11.5 Å². The minimum Gasteiger partial charge on any atom is -0.378 e. The van der Waals surface area contributed by atoms with E-state index >= 15 is 0 Å². The van der Waals surface area contributed by atoms with Crippen LogP contribution in [0.5, 0.6) is 0 Å². The summed E-state index contributed by atoms with van der Waals surface area (Å²) in [5, 5.41) is 6.74. The Balaban J connectivity index is 1.64. The van der Waals surface area contributed by atoms with Crippen LogP contribution in [-0.4, -0.2) is 52.4 Å². The van der Waals surface area contributed by atoms with E-state index in [0.29, 0.717) is 43.7 Å². The molecule has 1 saturated heterocycles. The topological polar surface area (TPSA) is 93.4 Å². The number of carbonyl (C=O) groups excluding carboxylic acids is 1. The molecule has 1 N–H and O–H groups in total. The number of hydrogen-bond acceptors (Lipinski definition) is 6. The van der Waals surface area contributed by atoms with Crippen molar-refractivity contribution in [1.29, 1.82) is 0 Å². The molecule has 3 rings (SSSR count). The molecule has 0 aliphatic carbocycles. The van der Waals surface area contributed by atoms with Gasteiger partial charge in [0.2, 0.25) is 11.7 Å². The van der Waals surface area contributed by atoms with Crippen molar-refractivity contribution in [1.82, 2.24) is 25.3 Å². The van der Waals surface area contributed by atoms with Gasteiger partial charge in [0.05, 0.1) is 13.2 Å². The Kier molecular flexibility index (Phi) is 4.29. The van der Waals surface area contributed by atoms with Crippen LogP contribution < -0.4 is 5.32 Å². The molecule has 3 heterocycles. The Bertz CT molecular complexity index is 624. The Labute approximate surface area is 127 Å². The predicted molar refractivity (Wildman–Crippen MR) is 76.9 cm³/mol. The number of rotatable bonds is 3. The largest absolute Gasteiger partial charge is 0.378 e. The molecule has 1 aliphatic rings. The molecule has 8 heteroatoms. The molecule has 1 fully saturated rings. The second-order valence-electron chi connectivity index (χ2n) is 4.94. The Morgan fingerprint density at radius 2 is 2.18 bits per heavy atom. The Morgan fingerprint density at radius 3 is 2.91 bits per heavy atom. The van der Waals surface area contributed by atoms with Crippen molar-refractivity contribution in [2.45, 2.75) is 13.0 Å². The van der Waals surface area contributed by atoms with E-state index in [2.05, 4.69) is 20.4 Å². The lowest BCUT2D eigenvalue weighted by atomic mass is 10.3. The number of hydrogen-bond donors (Lipinski definition) is 1. The summed E-state index contributed by atoms with van der Waals surface area (Å²) < 4.78 is 10.4. The number of pyridine rings is 1. The van der Waals surface area contributed by atoms with Crippen LogP contribution in [-0.2, 0) is 4.74 Å². The maximum Gasteiger partial charge on any atom is 0.318 e. The lowest BCUT2D eigenvalue weighted by Crippen LogP contribution is -2.46. The minimum absolute atomic E-state index is 0.159. The van der Waals surface area contributed by atoms with Crippen molar-refractivity contribution in [3.8, 4) is 11.5 Å². The van der Waals surface area contributed by atoms with E-state index in [1.165, 1.54) is 0 Å². The van der Waals surface area contributed by atoms with E-state index in [0.717, 1.165) is 0 Å². The number of nitrogens with zero attached hydrogens (tertiary/aromatic N) is 4. The molecular weight excluding hydrogens is 286 g/mol. The number of nitrogens with one attached hydrogen (secondary N) is 1. The molecule has 2 amide bonds. The first kappa shape index (κ1) is 14.5. The standard InChI is InChI=1S/C14H17N5O3/c1-10(16-14(20)19-6-8-21-9-7-19)13-17-12(18-22-13)11-4-2-3-5-15-11/h2-5,10H,6-9H2,1H3,(H,16,20)/t10-/m0/s1. The summed E-state index contributed by atoms with van der Waals surface area (Å²) in [5.41, 5.74) is 0.629. The predicted octanol–water partition coefficient (Wildman–Crippen LogP) is 1.23. The van der Waals surface area contributed by atoms with Gasteiger partial charge in [-0.05, 0) is 19.1 Å². The second kappa shape index (κ2) is 6.52. The van der Waals surface area contributed by atoms with Gasteiger partial charge in [0, 0.05) is 19.3 Å². The average Bonchev–Trinajstić information content (AvgIpc) is 3.06. The molecular formula is C14H17N5O3. The fourth-order valence-electron chi connectivity index (χ4n) is 2.11. The van der Waals surface area contributed by atoms with Crippen LogP contribution in [0.4, 0.5) is 4.79 Å². The second-order valence-corrected chi connectivity index (χ2v) is 4.94. The zero-order valence-corrected chi connectivity index (χ0v) is 12.2. The van der Waals surface area contributed by atoms with Gasteiger partial charge in [0.25, 0.3) is 0 Å². The monoisotopic (exact) mass is 303 g/mol. The number of amides is 2. The van der Waals surface area contributed by atoms with Crippen molar-refractivity contribution < 1.29 is 14.1 Å². The normalized spacial score (nSPS) is 16.3. The lowest BCUT2D eigenvalue weighted by Gasteiger charge is -2.27. The van der Waals surface area contributed by atoms with Crippen molar-refractivity contribution >= 4 is 6.03 Å². The van der Waals surface area contributed by atoms with Crippen LogP contribution in [0.3, 0.4) is 0 Å². The van der Waals surface area contributed by atoms with Gasteiger partial charge in [0.1, 0.15) is 11.7 Å². The SMILES string of the molecule is C[C@H](NC(=O)N1CCOCC1)c1nc(-c2ccccn2)no1. The van der Waals surface area contributed by atoms with Gasteiger partial charge in [-0.1, -0.05) is 11.2 Å². The van der Waals surface area contributed by atoms with E-state index in [4.69, 9.17) is 9.26 Å². The fourth-order valence-corrected chi connectivity index (χ4v) is 2.11. The average molecular weight is 303 g/mol. The van der Waals surface area contributed by atoms with Gasteiger partial charge in [-0.3, -0.25) is 4.98 Å². The van der Waals surface area contributed by atoms with Crippen molar-refractivity contribution in [2.24, 2.45) is 0 Å². The molecule has 0 aromatic carbocycles. The highest BCUT2D eigenvalue weighted by Crippen LogP contribution is 2.16. The molecule has 0 bridgehead atoms. The van der Waals surface area contributed by atoms with E-state index in [9.17, 15) is 4.79 Å². The van der Waals surface area contributed by atoms with Crippen molar-refractivity contribution in [2.75, 3.05) is 26.3 Å². The highest BCUT2D eigenvalue weighted by atomic mass is 16.5. The molecule has 0 unspecified atom stereocenters. The summed E-state index contributed by atoms with van der Waals surface area (Å²) in [4.78, 5) is 22.3. The molecule has 0 radical (unpaired) electrons. The molecule has 8 nitrogen and oxygen atoms in total. The third-order valence-electron chi connectivity index (χ3n) is 3.34. The molecule has 2 aromatic heterocycles. The van der Waals surface area contributed by atoms with Gasteiger partial charge >= 0.3 is 6.03 Å². The van der Waals surface area contributed by atoms with Crippen molar-refractivity contribution in [3.63, 3.8) is 0 Å². The summed E-state index contributed by atoms with van der Waals surface area (Å²) in [6.07, 6.45) is 1.66. The highest BCUT2D eigenvalue weighted by molar-refractivity contribution is 5.74. The van der Waals surface area contributed by atoms with Crippen LogP contribution in [0.15, 0.2) is 28.9 Å². The summed E-state index contributed by atoms with van der Waals surface area (Å²) in [5.74, 6) is 0.755. The molecule has 0 spiro atoms. The number of aromatic nitrogens is 3. The first-order valence-corrected chi connectivity index (χ1v) is 7.12. The minimum atomic E-state index is -0.375. The van der Waals surface area contributed by atoms with E-state index in [1.807, 2.05) is 12.1 Å². The molecule has 0 saturated carbocycles. The third-order valence-corrected chi connectivity index (χ3v) is 3.34. The summed E-state index contributed by atoms with van der Waals surface area (Å²) in [6, 6.07) is 4.93. The summed E-state index contributed by atoms with van der Waals surface area (Å²) in [7, 11) is 0. The van der Waals surface area contributed by atoms with Gasteiger partial charge in [-0.2, -0.15) is 4.98 Å². The van der Waals surface area contributed by atoms with E-state index in [1.54, 1.807) is 24.1 Å². The van der Waals surface area contributed by atoms with E-state index < -0.39 is 0 Å². The quantitative estimate of drug-likeness (QED) is 0.916. The third kappa shape index (κ3) is 3.22. The first-order chi connectivity index (χ1) is 10.7. The maximum atomic E-state index is 12.1. The molecule has 2 aromatic rings. The van der Waals surface area contributed by atoms with Crippen molar-refractivity contribution in [3.05, 3.63) is 30.3 Å². The molecule has 22 heavy (non-hydrogen) atoms. The zero-order chi connectivity index (χ0) is 15.4. The first-order valence-electron chi connectivity index (χ1n) is 7.12. The maximum absolute atomic E-state index is 12.1. The summed E-state index contributed by atoms with van der Waals surface area (Å²) >= 11 is 0. The number of urea groups is 1. The van der Waals surface area contributed by atoms with E-state index in [-0.39, 0.29) is 12.1 Å². The number of carbonyl (C=O) groups is 1. The van der Waals surface area contributed by atoms with Gasteiger partial charge in [-0.25, -0.2) is 4.79 Å². The Morgan fingerprint density at radius 1 is 1.36 bits per heavy atom. The van der Waals surface area contributed by atoms with Gasteiger partial charge in [-0.15, -0.1) is 0 Å². The Hall–Kier alpha value is -2.48. The van der Waals surface area contributed by atoms with Crippen LogP contribution >= 0.6 is 0 Å². The fraction of sp³-hybridized carbons (Fsp3) is 0.429. The van der Waals surface area contributed by atoms with Crippen LogP contribution in [0.2, 0.25) is 0 Å². The summed E-state index contributed by atoms with van der Waals surface area (Å²) in [6.45, 7) is 4.09. The smallest absolute Gasteiger partial charge is 0.318 e. The van der Waals surface area contributed by atoms with Gasteiger partial charge in [0.15, 0.2) is 0 Å². The number of morpholine rings is 1. The van der Waals surface area contributed by atoms with Gasteiger partial charge < -0.3 is 19.5 Å². The van der Waals surface area contributed by atoms with Crippen LogP contribution in [0.1, 0.15) is 18.9 Å². The molecule has 116 valence electrons. The lowest BCUT2D eigenvalue weighted by molar-refractivity contribution is 0.0523. The zero-order valence-electron chi connectivity index (χ0n) is 12.2. The van der Waals surface area contributed by atoms with Crippen LogP contribution in [0, 0.1) is 0 Å². The molecule has 1 atom stereocenters. The highest BCUT2D eigenvalue weighted by Gasteiger charge is 2.22. The molecule has 1 aliphatic heterocycles.